The molecule has 1 aromatic carbocycles. The van der Waals surface area contributed by atoms with Gasteiger partial charge in [-0.25, -0.2) is 0 Å². The van der Waals surface area contributed by atoms with Crippen molar-refractivity contribution in [2.75, 3.05) is 18.0 Å². The Morgan fingerprint density at radius 1 is 1.35 bits per heavy atom. The Hall–Kier alpha value is -0.540. The summed E-state index contributed by atoms with van der Waals surface area (Å²) in [5.41, 5.74) is 1.34. The van der Waals surface area contributed by atoms with E-state index in [1.165, 1.54) is 12.1 Å². The number of nitrogens with one attached hydrogen (secondary N) is 1. The quantitative estimate of drug-likeness (QED) is 0.880. The molecule has 20 heavy (non-hydrogen) atoms. The Labute approximate surface area is 132 Å². The molecule has 1 aromatic rings. The number of halogens is 1. The molecule has 0 amide bonds. The number of nitrogens with zero attached hydrogens (tertiary/aromatic N) is 1. The predicted molar refractivity (Wildman–Crippen MR) is 91.4 cm³/mol. The maximum absolute atomic E-state index is 3.76. The van der Waals surface area contributed by atoms with Crippen LogP contribution in [0.2, 0.25) is 0 Å². The number of rotatable bonds is 4. The van der Waals surface area contributed by atoms with E-state index < -0.39 is 0 Å². The molecule has 2 nitrogen and oxygen atoms in total. The monoisotopic (exact) mass is 338 g/mol. The molecule has 3 heteroatoms. The van der Waals surface area contributed by atoms with Crippen molar-refractivity contribution in [2.45, 2.75) is 46.2 Å². The van der Waals surface area contributed by atoms with E-state index in [9.17, 15) is 0 Å². The summed E-state index contributed by atoms with van der Waals surface area (Å²) in [5.74, 6) is 1.37. The molecule has 0 spiro atoms. The molecule has 1 aliphatic heterocycles. The third-order valence-corrected chi connectivity index (χ3v) is 5.12. The molecule has 0 bridgehead atoms. The molecule has 1 N–H and O–H groups in total. The molecule has 0 saturated carbocycles. The first kappa shape index (κ1) is 15.8. The average molecular weight is 339 g/mol. The number of hydrogen-bond acceptors (Lipinski definition) is 2. The van der Waals surface area contributed by atoms with Gasteiger partial charge in [0.25, 0.3) is 0 Å². The van der Waals surface area contributed by atoms with E-state index >= 15 is 0 Å². The van der Waals surface area contributed by atoms with Gasteiger partial charge in [0.05, 0.1) is 0 Å². The lowest BCUT2D eigenvalue weighted by Gasteiger charge is -2.45. The van der Waals surface area contributed by atoms with Crippen molar-refractivity contribution in [1.82, 2.24) is 5.32 Å². The van der Waals surface area contributed by atoms with Crippen molar-refractivity contribution < 1.29 is 0 Å². The fraction of sp³-hybridized carbons (Fsp3) is 0.647. The molecule has 1 saturated heterocycles. The maximum Gasteiger partial charge on any atom is 0.0438 e. The zero-order valence-electron chi connectivity index (χ0n) is 13.1. The minimum atomic E-state index is 0.574. The summed E-state index contributed by atoms with van der Waals surface area (Å²) < 4.78 is 1.16. The fourth-order valence-electron chi connectivity index (χ4n) is 3.01. The summed E-state index contributed by atoms with van der Waals surface area (Å²) in [7, 11) is 0. The van der Waals surface area contributed by atoms with E-state index in [2.05, 4.69) is 78.1 Å². The van der Waals surface area contributed by atoms with Crippen LogP contribution < -0.4 is 10.2 Å². The molecular weight excluding hydrogens is 312 g/mol. The van der Waals surface area contributed by atoms with Crippen LogP contribution in [0.1, 0.15) is 34.1 Å². The van der Waals surface area contributed by atoms with Gasteiger partial charge in [0, 0.05) is 35.3 Å². The molecule has 3 unspecified atom stereocenters. The highest BCUT2D eigenvalue weighted by molar-refractivity contribution is 9.10. The lowest BCUT2D eigenvalue weighted by atomic mass is 9.91. The molecule has 1 aliphatic rings. The number of benzene rings is 1. The van der Waals surface area contributed by atoms with E-state index in [0.717, 1.165) is 23.5 Å². The van der Waals surface area contributed by atoms with Crippen LogP contribution in [0.5, 0.6) is 0 Å². The van der Waals surface area contributed by atoms with Gasteiger partial charge in [-0.1, -0.05) is 56.1 Å². The highest BCUT2D eigenvalue weighted by Gasteiger charge is 2.31. The summed E-state index contributed by atoms with van der Waals surface area (Å²) >= 11 is 3.60. The van der Waals surface area contributed by atoms with Crippen LogP contribution in [-0.2, 0) is 0 Å². The third kappa shape index (κ3) is 3.56. The van der Waals surface area contributed by atoms with Gasteiger partial charge in [-0.3, -0.25) is 0 Å². The van der Waals surface area contributed by atoms with Crippen LogP contribution in [0.3, 0.4) is 0 Å². The normalized spacial score (nSPS) is 25.0. The van der Waals surface area contributed by atoms with Crippen LogP contribution in [0, 0.1) is 11.8 Å². The first-order chi connectivity index (χ1) is 9.52. The Morgan fingerprint density at radius 3 is 2.70 bits per heavy atom. The zero-order valence-corrected chi connectivity index (χ0v) is 14.7. The molecule has 1 heterocycles. The molecular formula is C17H27BrN2. The van der Waals surface area contributed by atoms with Crippen LogP contribution >= 0.6 is 15.9 Å². The Balaban J connectivity index is 2.23. The largest absolute Gasteiger partial charge is 0.365 e. The average Bonchev–Trinajstić information content (AvgIpc) is 2.45. The highest BCUT2D eigenvalue weighted by atomic mass is 79.9. The van der Waals surface area contributed by atoms with Crippen LogP contribution in [0.25, 0.3) is 0 Å². The minimum Gasteiger partial charge on any atom is -0.365 e. The lowest BCUT2D eigenvalue weighted by molar-refractivity contribution is 0.281. The van der Waals surface area contributed by atoms with E-state index in [1.807, 2.05) is 0 Å². The van der Waals surface area contributed by atoms with Gasteiger partial charge in [0.15, 0.2) is 0 Å². The Morgan fingerprint density at radius 2 is 2.10 bits per heavy atom. The highest BCUT2D eigenvalue weighted by Crippen LogP contribution is 2.28. The van der Waals surface area contributed by atoms with Crippen LogP contribution in [-0.4, -0.2) is 25.2 Å². The first-order valence-electron chi connectivity index (χ1n) is 7.78. The topological polar surface area (TPSA) is 15.3 Å². The van der Waals surface area contributed by atoms with Gasteiger partial charge in [0.2, 0.25) is 0 Å². The van der Waals surface area contributed by atoms with Crippen LogP contribution in [0.15, 0.2) is 28.7 Å². The second kappa shape index (κ2) is 6.95. The summed E-state index contributed by atoms with van der Waals surface area (Å²) in [6.07, 6.45) is 1.23. The van der Waals surface area contributed by atoms with Gasteiger partial charge >= 0.3 is 0 Å². The molecule has 2 rings (SSSR count). The molecule has 0 aromatic heterocycles. The third-order valence-electron chi connectivity index (χ3n) is 4.62. The van der Waals surface area contributed by atoms with E-state index in [-0.39, 0.29) is 0 Å². The first-order valence-corrected chi connectivity index (χ1v) is 8.57. The van der Waals surface area contributed by atoms with Gasteiger partial charge in [-0.15, -0.1) is 0 Å². The number of hydrogen-bond donors (Lipinski definition) is 1. The SMILES string of the molecule is CCC(C)C1CN(c2cccc(Br)c2)C(C(C)C)CN1. The molecule has 3 atom stereocenters. The Kier molecular flexibility index (Phi) is 5.50. The van der Waals surface area contributed by atoms with Crippen LogP contribution in [0.4, 0.5) is 5.69 Å². The molecule has 1 fully saturated rings. The fourth-order valence-corrected chi connectivity index (χ4v) is 3.39. The maximum atomic E-state index is 3.76. The Bertz CT molecular complexity index is 433. The summed E-state index contributed by atoms with van der Waals surface area (Å²) in [4.78, 5) is 2.60. The zero-order chi connectivity index (χ0) is 14.7. The second-order valence-electron chi connectivity index (χ2n) is 6.34. The van der Waals surface area contributed by atoms with Gasteiger partial charge < -0.3 is 10.2 Å². The summed E-state index contributed by atoms with van der Waals surface area (Å²) in [6, 6.07) is 9.88. The van der Waals surface area contributed by atoms with E-state index in [0.29, 0.717) is 18.0 Å². The molecule has 0 aliphatic carbocycles. The van der Waals surface area contributed by atoms with Crippen molar-refractivity contribution in [3.05, 3.63) is 28.7 Å². The van der Waals surface area contributed by atoms with Crippen molar-refractivity contribution in [1.29, 1.82) is 0 Å². The van der Waals surface area contributed by atoms with Crippen molar-refractivity contribution in [3.63, 3.8) is 0 Å². The summed E-state index contributed by atoms with van der Waals surface area (Å²) in [6.45, 7) is 11.5. The number of piperazine rings is 1. The number of anilines is 1. The van der Waals surface area contributed by atoms with E-state index in [1.54, 1.807) is 0 Å². The van der Waals surface area contributed by atoms with Gasteiger partial charge in [-0.05, 0) is 30.0 Å². The lowest BCUT2D eigenvalue weighted by Crippen LogP contribution is -2.60. The molecule has 112 valence electrons. The smallest absolute Gasteiger partial charge is 0.0438 e. The molecule has 0 radical (unpaired) electrons. The van der Waals surface area contributed by atoms with Crippen molar-refractivity contribution in [2.24, 2.45) is 11.8 Å². The van der Waals surface area contributed by atoms with Crippen molar-refractivity contribution in [3.8, 4) is 0 Å². The van der Waals surface area contributed by atoms with Gasteiger partial charge in [0.1, 0.15) is 0 Å². The van der Waals surface area contributed by atoms with Gasteiger partial charge in [-0.2, -0.15) is 0 Å². The standard InChI is InChI=1S/C17H27BrN2/c1-5-13(4)16-11-20(17(10-19-16)12(2)3)15-8-6-7-14(18)9-15/h6-9,12-13,16-17,19H,5,10-11H2,1-4H3. The second-order valence-corrected chi connectivity index (χ2v) is 7.26. The summed E-state index contributed by atoms with van der Waals surface area (Å²) in [5, 5.41) is 3.76. The predicted octanol–water partition coefficient (Wildman–Crippen LogP) is 4.30. The van der Waals surface area contributed by atoms with Crippen molar-refractivity contribution >= 4 is 21.6 Å². The van der Waals surface area contributed by atoms with E-state index in [4.69, 9.17) is 0 Å². The minimum absolute atomic E-state index is 0.574.